The van der Waals surface area contributed by atoms with E-state index in [1.54, 1.807) is 0 Å². The lowest BCUT2D eigenvalue weighted by atomic mass is 9.78. The number of nitrogens with zero attached hydrogens (tertiary/aromatic N) is 6. The zero-order chi connectivity index (χ0) is 25.4. The smallest absolute Gasteiger partial charge is 0.212 e. The van der Waals surface area contributed by atoms with Crippen molar-refractivity contribution in [2.45, 2.75) is 117 Å². The van der Waals surface area contributed by atoms with Crippen molar-refractivity contribution < 1.29 is 0 Å². The predicted octanol–water partition coefficient (Wildman–Crippen LogP) is 1.89. The van der Waals surface area contributed by atoms with Gasteiger partial charge >= 0.3 is 0 Å². The van der Waals surface area contributed by atoms with Gasteiger partial charge in [0.05, 0.1) is 18.1 Å². The number of aliphatic imine (C=N–C) groups is 3. The number of nitrogens with one attached hydrogen (secondary N) is 3. The monoisotopic (exact) mass is 495 g/mol. The molecule has 9 heteroatoms. The molecule has 15 atom stereocenters. The summed E-state index contributed by atoms with van der Waals surface area (Å²) in [7, 11) is 0. The molecule has 3 N–H and O–H groups in total. The number of guanidine groups is 3. The van der Waals surface area contributed by atoms with E-state index in [9.17, 15) is 0 Å². The van der Waals surface area contributed by atoms with E-state index in [1.165, 1.54) is 0 Å². The summed E-state index contributed by atoms with van der Waals surface area (Å²) in [5, 5.41) is 11.6. The van der Waals surface area contributed by atoms with E-state index in [-0.39, 0.29) is 36.6 Å². The number of fused-ring (bicyclic) bond motifs is 12. The molecule has 0 aromatic carbocycles. The van der Waals surface area contributed by atoms with Gasteiger partial charge in [0, 0.05) is 18.1 Å². The maximum absolute atomic E-state index is 5.43. The molecule has 0 bridgehead atoms. The summed E-state index contributed by atoms with van der Waals surface area (Å²) >= 11 is 0. The number of piperidine rings is 3. The van der Waals surface area contributed by atoms with Crippen LogP contribution >= 0.6 is 0 Å². The average molecular weight is 496 g/mol. The zero-order valence-corrected chi connectivity index (χ0v) is 23.3. The minimum absolute atomic E-state index is 0.0817. The van der Waals surface area contributed by atoms with E-state index in [1.807, 2.05) is 0 Å². The number of hydrogen-bond donors (Lipinski definition) is 3. The van der Waals surface area contributed by atoms with E-state index in [2.05, 4.69) is 93.0 Å². The van der Waals surface area contributed by atoms with Crippen molar-refractivity contribution >= 4 is 17.9 Å². The van der Waals surface area contributed by atoms with Crippen LogP contribution in [0.25, 0.3) is 0 Å². The molecule has 7 aliphatic rings. The molecule has 0 aromatic heterocycles. The first-order valence-corrected chi connectivity index (χ1v) is 14.5. The third-order valence-electron chi connectivity index (χ3n) is 11.7. The second-order valence-electron chi connectivity index (χ2n) is 13.2. The van der Waals surface area contributed by atoms with Gasteiger partial charge in [0.25, 0.3) is 0 Å². The lowest BCUT2D eigenvalue weighted by Crippen LogP contribution is -2.72. The Bertz CT molecular complexity index is 892. The maximum atomic E-state index is 5.43. The van der Waals surface area contributed by atoms with Crippen LogP contribution in [0.4, 0.5) is 0 Å². The zero-order valence-electron chi connectivity index (χ0n) is 23.3. The van der Waals surface area contributed by atoms with Gasteiger partial charge in [-0.15, -0.1) is 0 Å². The molecule has 7 aliphatic heterocycles. The lowest BCUT2D eigenvalue weighted by molar-refractivity contribution is 0.0864. The Balaban J connectivity index is 1.38. The fourth-order valence-corrected chi connectivity index (χ4v) is 8.35. The summed E-state index contributed by atoms with van der Waals surface area (Å²) < 4.78 is 0. The van der Waals surface area contributed by atoms with Gasteiger partial charge in [-0.3, -0.25) is 30.7 Å². The Morgan fingerprint density at radius 3 is 0.917 bits per heavy atom. The van der Waals surface area contributed by atoms with Crippen molar-refractivity contribution in [1.82, 2.24) is 30.7 Å². The summed E-state index contributed by atoms with van der Waals surface area (Å²) in [5.41, 5.74) is 0. The van der Waals surface area contributed by atoms with Gasteiger partial charge in [-0.1, -0.05) is 41.5 Å². The number of hydrogen-bond acceptors (Lipinski definition) is 9. The van der Waals surface area contributed by atoms with Gasteiger partial charge in [-0.25, -0.2) is 15.0 Å². The fourth-order valence-electron chi connectivity index (χ4n) is 8.35. The Labute approximate surface area is 216 Å². The molecule has 36 heavy (non-hydrogen) atoms. The van der Waals surface area contributed by atoms with Crippen LogP contribution in [0.15, 0.2) is 15.0 Å². The Kier molecular flexibility index (Phi) is 4.98. The molecule has 0 radical (unpaired) electrons. The SMILES string of the molecule is CC1NC2N=C3N(C4=NC5NC(C)C(C)C(C)C5N4C4=NC5NC(C)C(C)C(C)C5N34)C2C(C)C1C. The standard InChI is InChI=1S/C27H45N9/c1-10-13(4)19-22(28-16(10)7)31-25-34(19)26-32-23-20(14(5)11(2)17(8)29-23)36(26)27-33-24-21(35(25)27)15(6)12(3)18(9)30-24/h10-24,28-30H,1-9H3. The Hall–Kier alpha value is -1.71. The first-order valence-electron chi connectivity index (χ1n) is 14.5. The van der Waals surface area contributed by atoms with E-state index >= 15 is 0 Å². The summed E-state index contributed by atoms with van der Waals surface area (Å²) in [5.74, 6) is 6.38. The Morgan fingerprint density at radius 1 is 0.417 bits per heavy atom. The van der Waals surface area contributed by atoms with Crippen LogP contribution < -0.4 is 16.0 Å². The molecule has 198 valence electrons. The highest BCUT2D eigenvalue weighted by atomic mass is 15.7. The van der Waals surface area contributed by atoms with Crippen LogP contribution in [-0.4, -0.2) is 87.3 Å². The van der Waals surface area contributed by atoms with Crippen LogP contribution in [0.2, 0.25) is 0 Å². The molecule has 15 unspecified atom stereocenters. The van der Waals surface area contributed by atoms with E-state index in [0.29, 0.717) is 53.6 Å². The van der Waals surface area contributed by atoms with Crippen LogP contribution in [0.5, 0.6) is 0 Å². The average Bonchev–Trinajstić information content (AvgIpc) is 3.50. The summed E-state index contributed by atoms with van der Waals surface area (Å²) in [6.45, 7) is 21.3. The molecule has 7 rings (SSSR count). The van der Waals surface area contributed by atoms with Crippen LogP contribution in [-0.2, 0) is 0 Å². The van der Waals surface area contributed by atoms with Crippen molar-refractivity contribution in [2.75, 3.05) is 0 Å². The van der Waals surface area contributed by atoms with Crippen LogP contribution in [0.3, 0.4) is 0 Å². The van der Waals surface area contributed by atoms with Gasteiger partial charge in [-0.05, 0) is 56.3 Å². The van der Waals surface area contributed by atoms with Gasteiger partial charge in [-0.2, -0.15) is 0 Å². The van der Waals surface area contributed by atoms with Gasteiger partial charge in [0.1, 0.15) is 18.5 Å². The quantitative estimate of drug-likeness (QED) is 0.476. The van der Waals surface area contributed by atoms with Crippen molar-refractivity contribution in [1.29, 1.82) is 0 Å². The van der Waals surface area contributed by atoms with Gasteiger partial charge < -0.3 is 0 Å². The highest BCUT2D eigenvalue weighted by Gasteiger charge is 2.63. The molecule has 0 aliphatic carbocycles. The van der Waals surface area contributed by atoms with Gasteiger partial charge in [0.2, 0.25) is 17.9 Å². The van der Waals surface area contributed by atoms with E-state index in [0.717, 1.165) is 17.9 Å². The molecular weight excluding hydrogens is 450 g/mol. The third-order valence-corrected chi connectivity index (χ3v) is 11.7. The normalized spacial score (nSPS) is 55.1. The minimum Gasteiger partial charge on any atom is -0.291 e. The van der Waals surface area contributed by atoms with Gasteiger partial charge in [0.15, 0.2) is 0 Å². The largest absolute Gasteiger partial charge is 0.291 e. The maximum Gasteiger partial charge on any atom is 0.212 e. The first kappa shape index (κ1) is 23.4. The summed E-state index contributed by atoms with van der Waals surface area (Å²) in [4.78, 5) is 23.8. The van der Waals surface area contributed by atoms with Crippen molar-refractivity contribution in [3.8, 4) is 0 Å². The summed E-state index contributed by atoms with van der Waals surface area (Å²) in [6, 6.07) is 2.12. The summed E-state index contributed by atoms with van der Waals surface area (Å²) in [6.07, 6.45) is 0.245. The highest BCUT2D eigenvalue weighted by molar-refractivity contribution is 6.19. The lowest BCUT2D eigenvalue weighted by Gasteiger charge is -2.52. The molecule has 7 heterocycles. The van der Waals surface area contributed by atoms with E-state index in [4.69, 9.17) is 15.0 Å². The van der Waals surface area contributed by atoms with Crippen molar-refractivity contribution in [3.05, 3.63) is 0 Å². The molecule has 4 saturated heterocycles. The van der Waals surface area contributed by atoms with Crippen LogP contribution in [0, 0.1) is 35.5 Å². The predicted molar refractivity (Wildman–Crippen MR) is 143 cm³/mol. The van der Waals surface area contributed by atoms with Crippen molar-refractivity contribution in [3.63, 3.8) is 0 Å². The molecule has 4 fully saturated rings. The van der Waals surface area contributed by atoms with Crippen molar-refractivity contribution in [2.24, 2.45) is 50.5 Å². The second-order valence-corrected chi connectivity index (χ2v) is 13.2. The molecule has 9 nitrogen and oxygen atoms in total. The molecular formula is C27H45N9. The highest BCUT2D eigenvalue weighted by Crippen LogP contribution is 2.46. The Morgan fingerprint density at radius 2 is 0.667 bits per heavy atom. The first-order chi connectivity index (χ1) is 17.1. The fraction of sp³-hybridized carbons (Fsp3) is 0.889. The molecule has 0 spiro atoms. The minimum atomic E-state index is 0.0817. The molecule has 0 amide bonds. The third kappa shape index (κ3) is 2.80. The number of rotatable bonds is 0. The molecule has 0 aromatic rings. The topological polar surface area (TPSA) is 82.9 Å². The molecule has 0 saturated carbocycles. The second kappa shape index (κ2) is 7.67. The van der Waals surface area contributed by atoms with Crippen LogP contribution in [0.1, 0.15) is 62.3 Å². The van der Waals surface area contributed by atoms with E-state index < -0.39 is 0 Å².